The average molecular weight is 253 g/mol. The molecule has 2 heterocycles. The smallest absolute Gasteiger partial charge is 0.0964 e. The number of rotatable bonds is 6. The maximum atomic E-state index is 5.47. The zero-order valence-electron chi connectivity index (χ0n) is 11.1. The lowest BCUT2D eigenvalue weighted by molar-refractivity contribution is 0.0239. The van der Waals surface area contributed by atoms with Gasteiger partial charge in [0, 0.05) is 39.0 Å². The Bertz CT molecular complexity index is 359. The number of ether oxygens (including phenoxy) is 1. The molecule has 0 spiro atoms. The second-order valence-corrected chi connectivity index (χ2v) is 5.29. The Morgan fingerprint density at radius 2 is 2.28 bits per heavy atom. The van der Waals surface area contributed by atoms with Gasteiger partial charge >= 0.3 is 0 Å². The maximum absolute atomic E-state index is 5.47. The molecule has 0 radical (unpaired) electrons. The molecule has 6 heteroatoms. The SMILES string of the molecule is CC1(CNCc2cn(CCN)nn2)CCOCC1. The Morgan fingerprint density at radius 3 is 3.00 bits per heavy atom. The van der Waals surface area contributed by atoms with Crippen molar-refractivity contribution in [2.75, 3.05) is 26.3 Å². The van der Waals surface area contributed by atoms with Gasteiger partial charge in [0.25, 0.3) is 0 Å². The molecule has 0 amide bonds. The van der Waals surface area contributed by atoms with E-state index in [4.69, 9.17) is 10.5 Å². The van der Waals surface area contributed by atoms with Gasteiger partial charge in [-0.2, -0.15) is 0 Å². The van der Waals surface area contributed by atoms with E-state index in [0.29, 0.717) is 12.0 Å². The number of nitrogens with one attached hydrogen (secondary N) is 1. The van der Waals surface area contributed by atoms with Crippen LogP contribution in [0.3, 0.4) is 0 Å². The molecule has 6 nitrogen and oxygen atoms in total. The zero-order chi connectivity index (χ0) is 12.8. The minimum atomic E-state index is 0.353. The molecule has 0 saturated carbocycles. The predicted octanol–water partition coefficient (Wildman–Crippen LogP) is 0.143. The molecule has 1 aromatic heterocycles. The van der Waals surface area contributed by atoms with Gasteiger partial charge in [-0.3, -0.25) is 4.68 Å². The van der Waals surface area contributed by atoms with Crippen LogP contribution in [0.15, 0.2) is 6.20 Å². The third-order valence-electron chi connectivity index (χ3n) is 3.50. The van der Waals surface area contributed by atoms with Crippen LogP contribution in [0, 0.1) is 5.41 Å². The van der Waals surface area contributed by atoms with Gasteiger partial charge < -0.3 is 15.8 Å². The molecule has 0 atom stereocenters. The van der Waals surface area contributed by atoms with E-state index in [-0.39, 0.29) is 0 Å². The number of hydrogen-bond acceptors (Lipinski definition) is 5. The summed E-state index contributed by atoms with van der Waals surface area (Å²) in [4.78, 5) is 0. The van der Waals surface area contributed by atoms with Gasteiger partial charge in [0.05, 0.1) is 12.2 Å². The van der Waals surface area contributed by atoms with Crippen molar-refractivity contribution >= 4 is 0 Å². The van der Waals surface area contributed by atoms with Crippen molar-refractivity contribution in [2.45, 2.75) is 32.9 Å². The largest absolute Gasteiger partial charge is 0.381 e. The summed E-state index contributed by atoms with van der Waals surface area (Å²) >= 11 is 0. The molecule has 0 aliphatic carbocycles. The quantitative estimate of drug-likeness (QED) is 0.754. The van der Waals surface area contributed by atoms with Crippen molar-refractivity contribution in [3.05, 3.63) is 11.9 Å². The standard InChI is InChI=1S/C12H23N5O/c1-12(2-6-18-7-3-12)10-14-8-11-9-17(5-4-13)16-15-11/h9,14H,2-8,10,13H2,1H3. The minimum absolute atomic E-state index is 0.353. The highest BCUT2D eigenvalue weighted by molar-refractivity contribution is 4.92. The van der Waals surface area contributed by atoms with Crippen molar-refractivity contribution in [3.63, 3.8) is 0 Å². The molecule has 0 aromatic carbocycles. The average Bonchev–Trinajstić information content (AvgIpc) is 2.78. The van der Waals surface area contributed by atoms with E-state index in [0.717, 1.165) is 51.4 Å². The van der Waals surface area contributed by atoms with E-state index in [1.807, 2.05) is 6.20 Å². The first kappa shape index (κ1) is 13.5. The summed E-state index contributed by atoms with van der Waals surface area (Å²) in [7, 11) is 0. The van der Waals surface area contributed by atoms with Gasteiger partial charge in [-0.15, -0.1) is 5.10 Å². The number of nitrogens with two attached hydrogens (primary N) is 1. The first-order chi connectivity index (χ1) is 8.72. The number of nitrogens with zero attached hydrogens (tertiary/aromatic N) is 3. The van der Waals surface area contributed by atoms with Crippen LogP contribution in [0.4, 0.5) is 0 Å². The van der Waals surface area contributed by atoms with E-state index in [1.54, 1.807) is 4.68 Å². The summed E-state index contributed by atoms with van der Waals surface area (Å²) in [6.07, 6.45) is 4.20. The molecule has 1 saturated heterocycles. The van der Waals surface area contributed by atoms with Gasteiger partial charge in [-0.05, 0) is 18.3 Å². The Hall–Kier alpha value is -0.980. The van der Waals surface area contributed by atoms with E-state index in [1.165, 1.54) is 0 Å². The van der Waals surface area contributed by atoms with Gasteiger partial charge in [-0.25, -0.2) is 0 Å². The first-order valence-corrected chi connectivity index (χ1v) is 6.59. The summed E-state index contributed by atoms with van der Waals surface area (Å²) in [6, 6.07) is 0. The van der Waals surface area contributed by atoms with Crippen molar-refractivity contribution in [3.8, 4) is 0 Å². The molecule has 0 unspecified atom stereocenters. The number of aromatic nitrogens is 3. The van der Waals surface area contributed by atoms with Crippen LogP contribution in [0.25, 0.3) is 0 Å². The Labute approximate surface area is 108 Å². The molecule has 102 valence electrons. The molecular weight excluding hydrogens is 230 g/mol. The Morgan fingerprint density at radius 1 is 1.50 bits per heavy atom. The second kappa shape index (κ2) is 6.26. The van der Waals surface area contributed by atoms with E-state index in [2.05, 4.69) is 22.6 Å². The third kappa shape index (κ3) is 3.76. The third-order valence-corrected chi connectivity index (χ3v) is 3.50. The van der Waals surface area contributed by atoms with Crippen LogP contribution in [-0.4, -0.2) is 41.3 Å². The summed E-state index contributed by atoms with van der Waals surface area (Å²) in [5.41, 5.74) is 6.79. The lowest BCUT2D eigenvalue weighted by Crippen LogP contribution is -2.36. The van der Waals surface area contributed by atoms with E-state index in [9.17, 15) is 0 Å². The molecule has 18 heavy (non-hydrogen) atoms. The molecule has 1 fully saturated rings. The molecule has 0 bridgehead atoms. The van der Waals surface area contributed by atoms with Crippen LogP contribution >= 0.6 is 0 Å². The summed E-state index contributed by atoms with van der Waals surface area (Å²) < 4.78 is 7.18. The number of hydrogen-bond donors (Lipinski definition) is 2. The van der Waals surface area contributed by atoms with Crippen molar-refractivity contribution in [1.82, 2.24) is 20.3 Å². The van der Waals surface area contributed by atoms with Crippen LogP contribution in [-0.2, 0) is 17.8 Å². The topological polar surface area (TPSA) is 78.0 Å². The fraction of sp³-hybridized carbons (Fsp3) is 0.833. The Balaban J connectivity index is 1.73. The normalized spacial score (nSPS) is 19.0. The van der Waals surface area contributed by atoms with Crippen molar-refractivity contribution in [2.24, 2.45) is 11.1 Å². The first-order valence-electron chi connectivity index (χ1n) is 6.59. The summed E-state index contributed by atoms with van der Waals surface area (Å²) in [5, 5.41) is 11.6. The predicted molar refractivity (Wildman–Crippen MR) is 68.9 cm³/mol. The lowest BCUT2D eigenvalue weighted by Gasteiger charge is -2.33. The highest BCUT2D eigenvalue weighted by Gasteiger charge is 2.26. The second-order valence-electron chi connectivity index (χ2n) is 5.29. The summed E-state index contributed by atoms with van der Waals surface area (Å²) in [6.45, 7) is 7.15. The van der Waals surface area contributed by atoms with E-state index >= 15 is 0 Å². The Kier molecular flexibility index (Phi) is 4.68. The fourth-order valence-electron chi connectivity index (χ4n) is 2.19. The zero-order valence-corrected chi connectivity index (χ0v) is 11.1. The highest BCUT2D eigenvalue weighted by Crippen LogP contribution is 2.28. The monoisotopic (exact) mass is 253 g/mol. The lowest BCUT2D eigenvalue weighted by atomic mass is 9.82. The van der Waals surface area contributed by atoms with Crippen LogP contribution in [0.2, 0.25) is 0 Å². The molecule has 2 rings (SSSR count). The van der Waals surface area contributed by atoms with Crippen molar-refractivity contribution < 1.29 is 4.74 Å². The van der Waals surface area contributed by atoms with Gasteiger partial charge in [0.15, 0.2) is 0 Å². The van der Waals surface area contributed by atoms with Crippen LogP contribution < -0.4 is 11.1 Å². The van der Waals surface area contributed by atoms with Gasteiger partial charge in [-0.1, -0.05) is 12.1 Å². The molecule has 3 N–H and O–H groups in total. The molecule has 1 aliphatic heterocycles. The van der Waals surface area contributed by atoms with Gasteiger partial charge in [0.1, 0.15) is 0 Å². The summed E-state index contributed by atoms with van der Waals surface area (Å²) in [5.74, 6) is 0. The highest BCUT2D eigenvalue weighted by atomic mass is 16.5. The maximum Gasteiger partial charge on any atom is 0.0964 e. The minimum Gasteiger partial charge on any atom is -0.381 e. The van der Waals surface area contributed by atoms with E-state index < -0.39 is 0 Å². The van der Waals surface area contributed by atoms with Gasteiger partial charge in [0.2, 0.25) is 0 Å². The molecule has 1 aliphatic rings. The van der Waals surface area contributed by atoms with Crippen molar-refractivity contribution in [1.29, 1.82) is 0 Å². The molecule has 1 aromatic rings. The molecular formula is C12H23N5O. The van der Waals surface area contributed by atoms with Crippen LogP contribution in [0.1, 0.15) is 25.5 Å². The fourth-order valence-corrected chi connectivity index (χ4v) is 2.19. The van der Waals surface area contributed by atoms with Crippen LogP contribution in [0.5, 0.6) is 0 Å².